The summed E-state index contributed by atoms with van der Waals surface area (Å²) in [6.45, 7) is 0.596. The van der Waals surface area contributed by atoms with Gasteiger partial charge in [-0.1, -0.05) is 19.3 Å². The lowest BCUT2D eigenvalue weighted by molar-refractivity contribution is -0.384. The molecule has 0 unspecified atom stereocenters. The first-order chi connectivity index (χ1) is 11.2. The Morgan fingerprint density at radius 2 is 1.88 bits per heavy atom. The van der Waals surface area contributed by atoms with Gasteiger partial charge in [-0.25, -0.2) is 8.42 Å². The fourth-order valence-electron chi connectivity index (χ4n) is 3.29. The normalized spacial score (nSPS) is 17.7. The number of nitro benzene ring substituents is 1. The van der Waals surface area contributed by atoms with E-state index in [1.807, 2.05) is 14.1 Å². The van der Waals surface area contributed by atoms with Gasteiger partial charge < -0.3 is 10.2 Å². The van der Waals surface area contributed by atoms with Gasteiger partial charge in [0, 0.05) is 24.4 Å². The molecule has 2 rings (SSSR count). The zero-order chi connectivity index (χ0) is 18.0. The van der Waals surface area contributed by atoms with Gasteiger partial charge in [-0.3, -0.25) is 10.1 Å². The zero-order valence-corrected chi connectivity index (χ0v) is 15.2. The lowest BCUT2D eigenvalue weighted by Crippen LogP contribution is -2.51. The second-order valence-electron chi connectivity index (χ2n) is 6.74. The Balaban J connectivity index is 2.27. The predicted octanol–water partition coefficient (Wildman–Crippen LogP) is 2.67. The fraction of sp³-hybridized carbons (Fsp3) is 0.625. The molecule has 24 heavy (non-hydrogen) atoms. The minimum atomic E-state index is -3.48. The number of nitrogens with one attached hydrogen (secondary N) is 1. The molecule has 1 aromatic rings. The molecule has 1 aliphatic carbocycles. The van der Waals surface area contributed by atoms with Crippen LogP contribution >= 0.6 is 0 Å². The largest absolute Gasteiger partial charge is 0.378 e. The fourth-order valence-corrected chi connectivity index (χ4v) is 3.94. The Morgan fingerprint density at radius 1 is 1.25 bits per heavy atom. The zero-order valence-electron chi connectivity index (χ0n) is 14.4. The van der Waals surface area contributed by atoms with Gasteiger partial charge in [0.1, 0.15) is 5.69 Å². The molecule has 7 nitrogen and oxygen atoms in total. The molecule has 0 bridgehead atoms. The van der Waals surface area contributed by atoms with Crippen molar-refractivity contribution >= 4 is 21.2 Å². The van der Waals surface area contributed by atoms with Crippen LogP contribution in [0.25, 0.3) is 0 Å². The Labute approximate surface area is 143 Å². The number of hydrogen-bond acceptors (Lipinski definition) is 6. The van der Waals surface area contributed by atoms with Crippen molar-refractivity contribution < 1.29 is 13.3 Å². The number of sulfone groups is 1. The van der Waals surface area contributed by atoms with Crippen molar-refractivity contribution in [2.24, 2.45) is 0 Å². The van der Waals surface area contributed by atoms with Crippen molar-refractivity contribution in [3.63, 3.8) is 0 Å². The summed E-state index contributed by atoms with van der Waals surface area (Å²) < 4.78 is 23.2. The number of nitro groups is 1. The van der Waals surface area contributed by atoms with E-state index in [9.17, 15) is 18.5 Å². The van der Waals surface area contributed by atoms with Crippen LogP contribution in [0.15, 0.2) is 23.1 Å². The first-order valence-corrected chi connectivity index (χ1v) is 9.95. The Kier molecular flexibility index (Phi) is 5.49. The van der Waals surface area contributed by atoms with E-state index in [-0.39, 0.29) is 16.1 Å². The molecule has 1 N–H and O–H groups in total. The van der Waals surface area contributed by atoms with Gasteiger partial charge in [-0.15, -0.1) is 0 Å². The van der Waals surface area contributed by atoms with E-state index in [4.69, 9.17) is 0 Å². The lowest BCUT2D eigenvalue weighted by atomic mass is 9.80. The van der Waals surface area contributed by atoms with Gasteiger partial charge in [0.15, 0.2) is 9.84 Å². The third-order valence-corrected chi connectivity index (χ3v) is 6.05. The molecule has 0 aromatic heterocycles. The average Bonchev–Trinajstić information content (AvgIpc) is 2.52. The predicted molar refractivity (Wildman–Crippen MR) is 94.2 cm³/mol. The second kappa shape index (κ2) is 7.06. The highest BCUT2D eigenvalue weighted by Gasteiger charge is 2.34. The third-order valence-electron chi connectivity index (χ3n) is 4.93. The van der Waals surface area contributed by atoms with E-state index >= 15 is 0 Å². The van der Waals surface area contributed by atoms with Gasteiger partial charge in [-0.2, -0.15) is 0 Å². The first kappa shape index (κ1) is 18.7. The Bertz CT molecular complexity index is 710. The highest BCUT2D eigenvalue weighted by atomic mass is 32.2. The van der Waals surface area contributed by atoms with Crippen LogP contribution in [0.4, 0.5) is 11.4 Å². The van der Waals surface area contributed by atoms with E-state index in [0.29, 0.717) is 12.2 Å². The van der Waals surface area contributed by atoms with Crippen LogP contribution in [0.1, 0.15) is 32.1 Å². The van der Waals surface area contributed by atoms with Gasteiger partial charge in [-0.05, 0) is 39.1 Å². The summed E-state index contributed by atoms with van der Waals surface area (Å²) in [5.74, 6) is 0. The maximum atomic E-state index is 11.6. The third kappa shape index (κ3) is 4.05. The standard InChI is InChI=1S/C16H25N3O4S/c1-18(2)16(9-5-4-6-10-16)12-17-14-8-7-13(24(3,22)23)11-15(14)19(20)21/h7-8,11,17H,4-6,9-10,12H2,1-3H3. The first-order valence-electron chi connectivity index (χ1n) is 8.05. The van der Waals surface area contributed by atoms with Gasteiger partial charge in [0.05, 0.1) is 9.82 Å². The van der Waals surface area contributed by atoms with Crippen LogP contribution in [0.2, 0.25) is 0 Å². The highest BCUT2D eigenvalue weighted by molar-refractivity contribution is 7.90. The van der Waals surface area contributed by atoms with E-state index in [1.165, 1.54) is 18.6 Å². The highest BCUT2D eigenvalue weighted by Crippen LogP contribution is 2.34. The van der Waals surface area contributed by atoms with Crippen LogP contribution in [0, 0.1) is 10.1 Å². The number of hydrogen-bond donors (Lipinski definition) is 1. The second-order valence-corrected chi connectivity index (χ2v) is 8.76. The molecule has 0 radical (unpaired) electrons. The lowest BCUT2D eigenvalue weighted by Gasteiger charge is -2.43. The smallest absolute Gasteiger partial charge is 0.293 e. The van der Waals surface area contributed by atoms with Crippen molar-refractivity contribution in [3.8, 4) is 0 Å². The number of rotatable bonds is 6. The summed E-state index contributed by atoms with van der Waals surface area (Å²) in [6.07, 6.45) is 6.65. The minimum absolute atomic E-state index is 0.0262. The van der Waals surface area contributed by atoms with Crippen molar-refractivity contribution in [1.82, 2.24) is 4.90 Å². The van der Waals surface area contributed by atoms with Crippen molar-refractivity contribution in [1.29, 1.82) is 0 Å². The summed E-state index contributed by atoms with van der Waals surface area (Å²) in [7, 11) is 0.595. The molecule has 0 spiro atoms. The molecule has 1 saturated carbocycles. The van der Waals surface area contributed by atoms with Gasteiger partial charge in [0.2, 0.25) is 0 Å². The van der Waals surface area contributed by atoms with Crippen LogP contribution in [0.5, 0.6) is 0 Å². The van der Waals surface area contributed by atoms with Gasteiger partial charge >= 0.3 is 0 Å². The molecule has 1 aliphatic rings. The Hall–Kier alpha value is -1.67. The average molecular weight is 355 g/mol. The van der Waals surface area contributed by atoms with E-state index in [2.05, 4.69) is 10.2 Å². The SMILES string of the molecule is CN(C)C1(CNc2ccc(S(C)(=O)=O)cc2[N+](=O)[O-])CCCCC1. The van der Waals surface area contributed by atoms with Crippen molar-refractivity contribution in [2.75, 3.05) is 32.2 Å². The van der Waals surface area contributed by atoms with Crippen LogP contribution < -0.4 is 5.32 Å². The monoisotopic (exact) mass is 355 g/mol. The number of nitrogens with zero attached hydrogens (tertiary/aromatic N) is 2. The molecule has 0 aliphatic heterocycles. The minimum Gasteiger partial charge on any atom is -0.378 e. The molecule has 1 fully saturated rings. The van der Waals surface area contributed by atoms with E-state index in [1.54, 1.807) is 0 Å². The molecule has 8 heteroatoms. The van der Waals surface area contributed by atoms with Crippen molar-refractivity contribution in [2.45, 2.75) is 42.5 Å². The summed E-state index contributed by atoms with van der Waals surface area (Å²) in [5, 5.41) is 14.5. The summed E-state index contributed by atoms with van der Waals surface area (Å²) >= 11 is 0. The summed E-state index contributed by atoms with van der Waals surface area (Å²) in [4.78, 5) is 12.9. The van der Waals surface area contributed by atoms with Crippen LogP contribution in [0.3, 0.4) is 0 Å². The topological polar surface area (TPSA) is 92.6 Å². The molecule has 134 valence electrons. The van der Waals surface area contributed by atoms with Gasteiger partial charge in [0.25, 0.3) is 5.69 Å². The Morgan fingerprint density at radius 3 is 2.38 bits per heavy atom. The molecule has 0 saturated heterocycles. The van der Waals surface area contributed by atoms with Crippen molar-refractivity contribution in [3.05, 3.63) is 28.3 Å². The number of likely N-dealkylation sites (N-methyl/N-ethyl adjacent to an activating group) is 1. The molecule has 1 aromatic carbocycles. The number of benzene rings is 1. The molecular weight excluding hydrogens is 330 g/mol. The maximum Gasteiger partial charge on any atom is 0.293 e. The summed E-state index contributed by atoms with van der Waals surface area (Å²) in [5.41, 5.74) is 0.128. The molecular formula is C16H25N3O4S. The maximum absolute atomic E-state index is 11.6. The number of anilines is 1. The van der Waals surface area contributed by atoms with Crippen LogP contribution in [-0.4, -0.2) is 50.7 Å². The van der Waals surface area contributed by atoms with E-state index < -0.39 is 14.8 Å². The molecule has 0 atom stereocenters. The quantitative estimate of drug-likeness (QED) is 0.623. The molecule has 0 amide bonds. The molecule has 0 heterocycles. The summed E-state index contributed by atoms with van der Waals surface area (Å²) in [6, 6.07) is 4.02. The van der Waals surface area contributed by atoms with Crippen LogP contribution in [-0.2, 0) is 9.84 Å². The van der Waals surface area contributed by atoms with E-state index in [0.717, 1.165) is 38.0 Å².